The molecule has 2 rings (SSSR count). The molecule has 0 fully saturated rings. The van der Waals surface area contributed by atoms with E-state index >= 15 is 0 Å². The van der Waals surface area contributed by atoms with Crippen LogP contribution in [0.25, 0.3) is 0 Å². The Labute approximate surface area is 116 Å². The normalized spacial score (nSPS) is 17.6. The van der Waals surface area contributed by atoms with Crippen molar-refractivity contribution in [3.8, 4) is 0 Å². The average molecular weight is 286 g/mol. The molecule has 4 nitrogen and oxygen atoms in total. The van der Waals surface area contributed by atoms with Gasteiger partial charge in [0.15, 0.2) is 5.13 Å². The van der Waals surface area contributed by atoms with Gasteiger partial charge in [-0.3, -0.25) is 4.79 Å². The van der Waals surface area contributed by atoms with Crippen LogP contribution in [0.15, 0.2) is 0 Å². The molecule has 1 aromatic rings. The fourth-order valence-electron chi connectivity index (χ4n) is 2.04. The zero-order valence-corrected chi connectivity index (χ0v) is 12.3. The van der Waals surface area contributed by atoms with Crippen molar-refractivity contribution < 1.29 is 9.53 Å². The fourth-order valence-corrected chi connectivity index (χ4v) is 3.41. The first-order valence-corrected chi connectivity index (χ1v) is 8.36. The van der Waals surface area contributed by atoms with E-state index in [4.69, 9.17) is 4.74 Å². The van der Waals surface area contributed by atoms with Crippen molar-refractivity contribution in [3.63, 3.8) is 0 Å². The van der Waals surface area contributed by atoms with Crippen LogP contribution in [0.4, 0.5) is 5.13 Å². The van der Waals surface area contributed by atoms with Crippen LogP contribution in [0.1, 0.15) is 29.8 Å². The monoisotopic (exact) mass is 286 g/mol. The number of hydrogen-bond acceptors (Lipinski definition) is 6. The molecule has 0 spiro atoms. The van der Waals surface area contributed by atoms with E-state index in [0.29, 0.717) is 6.61 Å². The van der Waals surface area contributed by atoms with E-state index in [1.807, 2.05) is 6.92 Å². The molecule has 0 aliphatic heterocycles. The number of thioether (sulfide) groups is 1. The molecule has 0 aromatic carbocycles. The van der Waals surface area contributed by atoms with Crippen LogP contribution in [0, 0.1) is 0 Å². The summed E-state index contributed by atoms with van der Waals surface area (Å²) in [6.07, 6.45) is 3.87. The minimum absolute atomic E-state index is 0.128. The molecule has 100 valence electrons. The molecule has 1 aliphatic rings. The Hall–Kier alpha value is -0.750. The minimum Gasteiger partial charge on any atom is -0.465 e. The first-order chi connectivity index (χ1) is 8.76. The number of esters is 1. The largest absolute Gasteiger partial charge is 0.465 e. The van der Waals surface area contributed by atoms with E-state index < -0.39 is 0 Å². The second-order valence-electron chi connectivity index (χ2n) is 4.09. The molecule has 6 heteroatoms. The molecule has 1 heterocycles. The van der Waals surface area contributed by atoms with Gasteiger partial charge in [0.1, 0.15) is 5.92 Å². The molecule has 0 bridgehead atoms. The van der Waals surface area contributed by atoms with E-state index in [1.165, 1.54) is 4.88 Å². The van der Waals surface area contributed by atoms with E-state index in [1.54, 1.807) is 23.1 Å². The third kappa shape index (κ3) is 2.98. The van der Waals surface area contributed by atoms with Gasteiger partial charge in [0.25, 0.3) is 0 Å². The molecule has 1 unspecified atom stereocenters. The smallest absolute Gasteiger partial charge is 0.315 e. The third-order valence-electron chi connectivity index (χ3n) is 2.87. The molecule has 1 atom stereocenters. The standard InChI is InChI=1S/C12H18N2O2S2/c1-3-16-11(15)8-4-5-9-10(8)14-12(18-9)13-6-7-17-2/h8H,3-7H2,1-2H3,(H,13,14). The SMILES string of the molecule is CCOC(=O)C1CCc2sc(NCCSC)nc21. The summed E-state index contributed by atoms with van der Waals surface area (Å²) in [4.78, 5) is 17.6. The number of thiazole rings is 1. The first-order valence-electron chi connectivity index (χ1n) is 6.15. The summed E-state index contributed by atoms with van der Waals surface area (Å²) in [6.45, 7) is 3.19. The van der Waals surface area contributed by atoms with Crippen LogP contribution in [0.5, 0.6) is 0 Å². The van der Waals surface area contributed by atoms with Crippen molar-refractivity contribution in [3.05, 3.63) is 10.6 Å². The molecule has 1 aromatic heterocycles. The Kier molecular flexibility index (Phi) is 4.88. The van der Waals surface area contributed by atoms with Crippen LogP contribution in [-0.2, 0) is 16.0 Å². The van der Waals surface area contributed by atoms with Gasteiger partial charge in [0, 0.05) is 17.2 Å². The highest BCUT2D eigenvalue weighted by Crippen LogP contribution is 2.38. The van der Waals surface area contributed by atoms with Crippen molar-refractivity contribution >= 4 is 34.2 Å². The molecule has 1 N–H and O–H groups in total. The maximum absolute atomic E-state index is 11.8. The van der Waals surface area contributed by atoms with Gasteiger partial charge in [-0.05, 0) is 26.0 Å². The molecule has 1 aliphatic carbocycles. The van der Waals surface area contributed by atoms with Gasteiger partial charge in [-0.2, -0.15) is 11.8 Å². The van der Waals surface area contributed by atoms with Gasteiger partial charge in [-0.15, -0.1) is 11.3 Å². The minimum atomic E-state index is -0.146. The molecular weight excluding hydrogens is 268 g/mol. The lowest BCUT2D eigenvalue weighted by atomic mass is 10.1. The Morgan fingerprint density at radius 1 is 1.67 bits per heavy atom. The Balaban J connectivity index is 2.01. The van der Waals surface area contributed by atoms with Crippen molar-refractivity contribution in [2.75, 3.05) is 30.5 Å². The number of hydrogen-bond donors (Lipinski definition) is 1. The molecule has 0 saturated carbocycles. The Morgan fingerprint density at radius 3 is 3.22 bits per heavy atom. The van der Waals surface area contributed by atoms with E-state index in [0.717, 1.165) is 36.0 Å². The van der Waals surface area contributed by atoms with Gasteiger partial charge >= 0.3 is 5.97 Å². The lowest BCUT2D eigenvalue weighted by molar-refractivity contribution is -0.145. The zero-order valence-electron chi connectivity index (χ0n) is 10.7. The predicted molar refractivity (Wildman–Crippen MR) is 76.7 cm³/mol. The fraction of sp³-hybridized carbons (Fsp3) is 0.667. The van der Waals surface area contributed by atoms with E-state index in [2.05, 4.69) is 16.6 Å². The predicted octanol–water partition coefficient (Wildman–Crippen LogP) is 2.51. The number of rotatable bonds is 6. The van der Waals surface area contributed by atoms with Crippen LogP contribution in [0.2, 0.25) is 0 Å². The highest BCUT2D eigenvalue weighted by molar-refractivity contribution is 7.98. The number of aromatic nitrogens is 1. The topological polar surface area (TPSA) is 51.2 Å². The van der Waals surface area contributed by atoms with E-state index in [-0.39, 0.29) is 11.9 Å². The summed E-state index contributed by atoms with van der Waals surface area (Å²) in [6, 6.07) is 0. The quantitative estimate of drug-likeness (QED) is 0.643. The summed E-state index contributed by atoms with van der Waals surface area (Å²) in [5.74, 6) is 0.787. The number of carbonyl (C=O) groups excluding carboxylic acids is 1. The van der Waals surface area contributed by atoms with E-state index in [9.17, 15) is 4.79 Å². The molecule has 0 radical (unpaired) electrons. The number of carbonyl (C=O) groups is 1. The Bertz CT molecular complexity index is 420. The summed E-state index contributed by atoms with van der Waals surface area (Å²) < 4.78 is 5.09. The summed E-state index contributed by atoms with van der Waals surface area (Å²) >= 11 is 3.48. The van der Waals surface area contributed by atoms with Crippen LogP contribution in [0.3, 0.4) is 0 Å². The third-order valence-corrected chi connectivity index (χ3v) is 4.57. The first kappa shape index (κ1) is 13.7. The number of fused-ring (bicyclic) bond motifs is 1. The summed E-state index contributed by atoms with van der Waals surface area (Å²) in [5.41, 5.74) is 0.935. The second-order valence-corrected chi connectivity index (χ2v) is 6.16. The van der Waals surface area contributed by atoms with Crippen molar-refractivity contribution in [1.82, 2.24) is 4.98 Å². The van der Waals surface area contributed by atoms with Crippen molar-refractivity contribution in [2.24, 2.45) is 0 Å². The lowest BCUT2D eigenvalue weighted by Gasteiger charge is -2.07. The van der Waals surface area contributed by atoms with Gasteiger partial charge in [-0.25, -0.2) is 4.98 Å². The molecule has 0 saturated heterocycles. The van der Waals surface area contributed by atoms with Crippen molar-refractivity contribution in [1.29, 1.82) is 0 Å². The van der Waals surface area contributed by atoms with Gasteiger partial charge < -0.3 is 10.1 Å². The number of nitrogens with zero attached hydrogens (tertiary/aromatic N) is 1. The Morgan fingerprint density at radius 2 is 2.50 bits per heavy atom. The number of ether oxygens (including phenoxy) is 1. The molecule has 18 heavy (non-hydrogen) atoms. The van der Waals surface area contributed by atoms with Crippen molar-refractivity contribution in [2.45, 2.75) is 25.7 Å². The van der Waals surface area contributed by atoms with Gasteiger partial charge in [0.05, 0.1) is 12.3 Å². The van der Waals surface area contributed by atoms with Crippen LogP contribution < -0.4 is 5.32 Å². The van der Waals surface area contributed by atoms with Crippen LogP contribution in [-0.4, -0.2) is 36.1 Å². The number of anilines is 1. The number of nitrogens with one attached hydrogen (secondary N) is 1. The van der Waals surface area contributed by atoms with Gasteiger partial charge in [-0.1, -0.05) is 0 Å². The summed E-state index contributed by atoms with van der Waals surface area (Å²) in [7, 11) is 0. The molecular formula is C12H18N2O2S2. The maximum atomic E-state index is 11.8. The molecule has 0 amide bonds. The highest BCUT2D eigenvalue weighted by Gasteiger charge is 2.33. The second kappa shape index (κ2) is 6.43. The highest BCUT2D eigenvalue weighted by atomic mass is 32.2. The maximum Gasteiger partial charge on any atom is 0.315 e. The lowest BCUT2D eigenvalue weighted by Crippen LogP contribution is -2.14. The van der Waals surface area contributed by atoms with Gasteiger partial charge in [0.2, 0.25) is 0 Å². The van der Waals surface area contributed by atoms with Crippen LogP contribution >= 0.6 is 23.1 Å². The zero-order chi connectivity index (χ0) is 13.0. The number of aryl methyl sites for hydroxylation is 1. The average Bonchev–Trinajstić information content (AvgIpc) is 2.89. The summed E-state index contributed by atoms with van der Waals surface area (Å²) in [5, 5.41) is 4.23.